The van der Waals surface area contributed by atoms with Crippen LogP contribution >= 0.6 is 0 Å². The molecule has 2 rings (SSSR count). The molecule has 0 saturated heterocycles. The van der Waals surface area contributed by atoms with Crippen LogP contribution in [0.4, 0.5) is 0 Å². The van der Waals surface area contributed by atoms with E-state index in [4.69, 9.17) is 5.11 Å². The van der Waals surface area contributed by atoms with Gasteiger partial charge in [0, 0.05) is 0 Å². The maximum Gasteiger partial charge on any atom is 0.0642 e. The van der Waals surface area contributed by atoms with E-state index in [1.54, 1.807) is 0 Å². The summed E-state index contributed by atoms with van der Waals surface area (Å²) < 4.78 is 0. The van der Waals surface area contributed by atoms with Gasteiger partial charge in [0.25, 0.3) is 0 Å². The van der Waals surface area contributed by atoms with Crippen molar-refractivity contribution in [3.05, 3.63) is 41.0 Å². The molecule has 1 saturated carbocycles. The number of hydrogen-bond acceptors (Lipinski definition) is 1. The van der Waals surface area contributed by atoms with Gasteiger partial charge >= 0.3 is 0 Å². The van der Waals surface area contributed by atoms with Crippen LogP contribution in [0, 0.1) is 0 Å². The Morgan fingerprint density at radius 2 is 1.82 bits per heavy atom. The van der Waals surface area contributed by atoms with Crippen molar-refractivity contribution in [1.29, 1.82) is 0 Å². The van der Waals surface area contributed by atoms with Crippen LogP contribution in [0.25, 0.3) is 6.08 Å². The van der Waals surface area contributed by atoms with Gasteiger partial charge in [0.1, 0.15) is 0 Å². The molecule has 0 aromatic heterocycles. The minimum Gasteiger partial charge on any atom is -0.392 e. The Morgan fingerprint density at radius 1 is 1.18 bits per heavy atom. The first-order valence-electron chi connectivity index (χ1n) is 6.67. The second-order valence-corrected chi connectivity index (χ2v) is 5.15. The SMILES string of the molecule is CC(=Cc1ccc(C2CCCCC2)cc1)CO. The Hall–Kier alpha value is -1.08. The molecule has 1 heteroatoms. The summed E-state index contributed by atoms with van der Waals surface area (Å²) in [6.45, 7) is 2.10. The molecular formula is C16H22O. The van der Waals surface area contributed by atoms with Gasteiger partial charge in [0.15, 0.2) is 0 Å². The van der Waals surface area contributed by atoms with Gasteiger partial charge in [0.05, 0.1) is 6.61 Å². The fraction of sp³-hybridized carbons (Fsp3) is 0.500. The monoisotopic (exact) mass is 230 g/mol. The van der Waals surface area contributed by atoms with Gasteiger partial charge in [-0.15, -0.1) is 0 Å². The highest BCUT2D eigenvalue weighted by molar-refractivity contribution is 5.53. The van der Waals surface area contributed by atoms with Crippen LogP contribution in [0.2, 0.25) is 0 Å². The van der Waals surface area contributed by atoms with Crippen LogP contribution in [-0.2, 0) is 0 Å². The molecule has 1 nitrogen and oxygen atoms in total. The molecule has 0 bridgehead atoms. The first-order chi connectivity index (χ1) is 8.29. The van der Waals surface area contributed by atoms with E-state index in [1.807, 2.05) is 13.0 Å². The fourth-order valence-electron chi connectivity index (χ4n) is 2.63. The second-order valence-electron chi connectivity index (χ2n) is 5.15. The molecule has 1 aromatic carbocycles. The van der Waals surface area contributed by atoms with Crippen molar-refractivity contribution >= 4 is 6.08 Å². The molecule has 1 aliphatic carbocycles. The Morgan fingerprint density at radius 3 is 2.41 bits per heavy atom. The van der Waals surface area contributed by atoms with Gasteiger partial charge in [-0.3, -0.25) is 0 Å². The van der Waals surface area contributed by atoms with E-state index in [2.05, 4.69) is 24.3 Å². The average molecular weight is 230 g/mol. The zero-order chi connectivity index (χ0) is 12.1. The molecule has 0 atom stereocenters. The van der Waals surface area contributed by atoms with Gasteiger partial charge in [-0.1, -0.05) is 49.6 Å². The number of rotatable bonds is 3. The van der Waals surface area contributed by atoms with E-state index in [0.29, 0.717) is 0 Å². The molecule has 0 heterocycles. The van der Waals surface area contributed by atoms with Crippen molar-refractivity contribution in [1.82, 2.24) is 0 Å². The first-order valence-corrected chi connectivity index (χ1v) is 6.67. The summed E-state index contributed by atoms with van der Waals surface area (Å²) in [5.74, 6) is 0.778. The van der Waals surface area contributed by atoms with E-state index in [0.717, 1.165) is 11.5 Å². The Labute approximate surface area is 104 Å². The minimum atomic E-state index is 0.143. The minimum absolute atomic E-state index is 0.143. The van der Waals surface area contributed by atoms with Gasteiger partial charge < -0.3 is 5.11 Å². The molecule has 1 fully saturated rings. The molecule has 0 radical (unpaired) electrons. The largest absolute Gasteiger partial charge is 0.392 e. The average Bonchev–Trinajstić information content (AvgIpc) is 2.40. The van der Waals surface area contributed by atoms with Crippen molar-refractivity contribution in [3.8, 4) is 0 Å². The van der Waals surface area contributed by atoms with E-state index >= 15 is 0 Å². The maximum absolute atomic E-state index is 8.99. The Kier molecular flexibility index (Phi) is 4.38. The molecule has 17 heavy (non-hydrogen) atoms. The predicted octanol–water partition coefficient (Wildman–Crippen LogP) is 4.13. The lowest BCUT2D eigenvalue weighted by Crippen LogP contribution is -2.04. The van der Waals surface area contributed by atoms with Crippen molar-refractivity contribution in [2.45, 2.75) is 44.9 Å². The number of hydrogen-bond donors (Lipinski definition) is 1. The summed E-state index contributed by atoms with van der Waals surface area (Å²) in [5, 5.41) is 8.99. The predicted molar refractivity (Wildman–Crippen MR) is 73.0 cm³/mol. The topological polar surface area (TPSA) is 20.2 Å². The standard InChI is InChI=1S/C16H22O/c1-13(12-17)11-14-7-9-16(10-8-14)15-5-3-2-4-6-15/h7-11,15,17H,2-6,12H2,1H3. The third kappa shape index (κ3) is 3.44. The molecule has 1 aromatic rings. The van der Waals surface area contributed by atoms with Crippen molar-refractivity contribution in [2.75, 3.05) is 6.61 Å². The highest BCUT2D eigenvalue weighted by Crippen LogP contribution is 2.32. The fourth-order valence-corrected chi connectivity index (χ4v) is 2.63. The third-order valence-corrected chi connectivity index (χ3v) is 3.68. The van der Waals surface area contributed by atoms with Crippen LogP contribution in [0.3, 0.4) is 0 Å². The van der Waals surface area contributed by atoms with Crippen LogP contribution in [0.1, 0.15) is 56.1 Å². The highest BCUT2D eigenvalue weighted by Gasteiger charge is 2.14. The number of aliphatic hydroxyl groups is 1. The molecule has 0 unspecified atom stereocenters. The van der Waals surface area contributed by atoms with Crippen molar-refractivity contribution in [3.63, 3.8) is 0 Å². The Bertz CT molecular complexity index is 369. The van der Waals surface area contributed by atoms with E-state index < -0.39 is 0 Å². The molecule has 0 spiro atoms. The second kappa shape index (κ2) is 6.02. The first kappa shape index (κ1) is 12.4. The summed E-state index contributed by atoms with van der Waals surface area (Å²) >= 11 is 0. The van der Waals surface area contributed by atoms with E-state index in [-0.39, 0.29) is 6.61 Å². The van der Waals surface area contributed by atoms with Gasteiger partial charge in [-0.05, 0) is 42.4 Å². The highest BCUT2D eigenvalue weighted by atomic mass is 16.3. The lowest BCUT2D eigenvalue weighted by molar-refractivity contribution is 0.332. The zero-order valence-electron chi connectivity index (χ0n) is 10.7. The van der Waals surface area contributed by atoms with Crippen LogP contribution in [-0.4, -0.2) is 11.7 Å². The molecule has 1 aliphatic rings. The summed E-state index contributed by atoms with van der Waals surface area (Å²) in [5.41, 5.74) is 3.69. The lowest BCUT2D eigenvalue weighted by Gasteiger charge is -2.21. The van der Waals surface area contributed by atoms with Crippen LogP contribution in [0.15, 0.2) is 29.8 Å². The van der Waals surface area contributed by atoms with Crippen molar-refractivity contribution < 1.29 is 5.11 Å². The molecular weight excluding hydrogens is 208 g/mol. The maximum atomic E-state index is 8.99. The zero-order valence-corrected chi connectivity index (χ0v) is 10.7. The molecule has 0 amide bonds. The number of benzene rings is 1. The summed E-state index contributed by atoms with van der Waals surface area (Å²) in [6.07, 6.45) is 8.93. The van der Waals surface area contributed by atoms with E-state index in [1.165, 1.54) is 43.2 Å². The Balaban J connectivity index is 2.07. The van der Waals surface area contributed by atoms with Crippen LogP contribution < -0.4 is 0 Å². The quantitative estimate of drug-likeness (QED) is 0.827. The molecule has 0 aliphatic heterocycles. The lowest BCUT2D eigenvalue weighted by atomic mass is 9.84. The summed E-state index contributed by atoms with van der Waals surface area (Å²) in [7, 11) is 0. The normalized spacial score (nSPS) is 18.4. The van der Waals surface area contributed by atoms with Crippen LogP contribution in [0.5, 0.6) is 0 Å². The third-order valence-electron chi connectivity index (χ3n) is 3.68. The van der Waals surface area contributed by atoms with Gasteiger partial charge in [-0.25, -0.2) is 0 Å². The number of aliphatic hydroxyl groups excluding tert-OH is 1. The summed E-state index contributed by atoms with van der Waals surface area (Å²) in [4.78, 5) is 0. The van der Waals surface area contributed by atoms with Gasteiger partial charge in [0.2, 0.25) is 0 Å². The summed E-state index contributed by atoms with van der Waals surface area (Å²) in [6, 6.07) is 8.85. The van der Waals surface area contributed by atoms with Crippen molar-refractivity contribution in [2.24, 2.45) is 0 Å². The smallest absolute Gasteiger partial charge is 0.0642 e. The molecule has 92 valence electrons. The van der Waals surface area contributed by atoms with E-state index in [9.17, 15) is 0 Å². The molecule has 1 N–H and O–H groups in total. The van der Waals surface area contributed by atoms with Gasteiger partial charge in [-0.2, -0.15) is 0 Å².